The molecule has 1 aliphatic carbocycles. The second-order valence-electron chi connectivity index (χ2n) is 12.7. The van der Waals surface area contributed by atoms with E-state index in [1.165, 1.54) is 48.6 Å². The molecule has 2 heterocycles. The molecular weight excluding hydrogens is 636 g/mol. The number of benzene rings is 2. The van der Waals surface area contributed by atoms with Crippen LogP contribution in [0.5, 0.6) is 0 Å². The van der Waals surface area contributed by atoms with Crippen LogP contribution in [-0.2, 0) is 40.7 Å². The van der Waals surface area contributed by atoms with Gasteiger partial charge in [-0.05, 0) is 62.2 Å². The number of nitrogens with one attached hydrogen (secondary N) is 1. The maximum absolute atomic E-state index is 13.5. The molecule has 0 spiro atoms. The molecular formula is C32H35N2O10S2+. The molecule has 0 bridgehead atoms. The number of carbonyl (C=O) groups excluding carboxylic acids is 1. The summed E-state index contributed by atoms with van der Waals surface area (Å²) in [6.07, 6.45) is 4.45. The minimum absolute atomic E-state index is 0.0143. The lowest BCUT2D eigenvalue weighted by atomic mass is 9.77. The first-order valence-corrected chi connectivity index (χ1v) is 17.4. The van der Waals surface area contributed by atoms with Crippen molar-refractivity contribution >= 4 is 49.1 Å². The van der Waals surface area contributed by atoms with Crippen molar-refractivity contribution in [2.45, 2.75) is 80.5 Å². The first kappa shape index (κ1) is 33.3. The molecule has 0 amide bonds. The standard InChI is InChI=1S/C32H34N2O10S2/c1-6-7-8-25(30(37)38)34-24-12-10-18(46(42,43)44)14-22(24)32(4,5)27(34)16-20-28(35)19(29(20)36)15-26-31(2,3)21-13-17(45(39,40)41)9-11-23(21)33-26/h9-16,25H,6-8H2,1-5H3,(H4,35,36,37,38,39,40,41,42,43,44)/p+1. The van der Waals surface area contributed by atoms with Gasteiger partial charge in [0.05, 0.1) is 26.4 Å². The fraction of sp³-hybridized carbons (Fsp3) is 0.344. The van der Waals surface area contributed by atoms with E-state index in [0.29, 0.717) is 40.3 Å². The predicted octanol–water partition coefficient (Wildman–Crippen LogP) is 4.81. The van der Waals surface area contributed by atoms with E-state index in [-0.39, 0.29) is 33.1 Å². The number of unbranched alkanes of at least 4 members (excludes halogenated alkanes) is 1. The van der Waals surface area contributed by atoms with Crippen molar-refractivity contribution in [1.29, 1.82) is 0 Å². The number of aliphatic hydroxyl groups excluding tert-OH is 1. The molecule has 0 fully saturated rings. The van der Waals surface area contributed by atoms with Gasteiger partial charge in [0.15, 0.2) is 5.71 Å². The third kappa shape index (κ3) is 5.38. The first-order valence-electron chi connectivity index (χ1n) is 14.5. The maximum Gasteiger partial charge on any atom is 0.373 e. The number of hydrogen-bond acceptors (Lipinski definition) is 8. The quantitative estimate of drug-likeness (QED) is 0.139. The lowest BCUT2D eigenvalue weighted by molar-refractivity contribution is -0.471. The van der Waals surface area contributed by atoms with Crippen molar-refractivity contribution in [2.75, 3.05) is 5.32 Å². The number of nitrogens with zero attached hydrogens (tertiary/aromatic N) is 1. The predicted molar refractivity (Wildman–Crippen MR) is 169 cm³/mol. The number of hydrogen-bond donors (Lipinski definition) is 5. The van der Waals surface area contributed by atoms with Crippen LogP contribution in [0.1, 0.15) is 65.0 Å². The van der Waals surface area contributed by atoms with Crippen LogP contribution in [0.25, 0.3) is 0 Å². The van der Waals surface area contributed by atoms with Gasteiger partial charge < -0.3 is 15.5 Å². The molecule has 1 atom stereocenters. The summed E-state index contributed by atoms with van der Waals surface area (Å²) in [6.45, 7) is 8.97. The van der Waals surface area contributed by atoms with Crippen LogP contribution in [0.15, 0.2) is 80.9 Å². The molecule has 0 radical (unpaired) electrons. The van der Waals surface area contributed by atoms with Crippen LogP contribution < -0.4 is 5.32 Å². The third-order valence-corrected chi connectivity index (χ3v) is 10.7. The zero-order valence-corrected chi connectivity index (χ0v) is 27.5. The van der Waals surface area contributed by atoms with Crippen LogP contribution in [0.4, 0.5) is 11.4 Å². The van der Waals surface area contributed by atoms with Crippen molar-refractivity contribution in [3.8, 4) is 0 Å². The van der Waals surface area contributed by atoms with Crippen molar-refractivity contribution in [1.82, 2.24) is 0 Å². The summed E-state index contributed by atoms with van der Waals surface area (Å²) in [6, 6.07) is 6.93. The Morgan fingerprint density at radius 3 is 2.07 bits per heavy atom. The number of ketones is 1. The van der Waals surface area contributed by atoms with Crippen LogP contribution >= 0.6 is 0 Å². The molecule has 0 saturated heterocycles. The van der Waals surface area contributed by atoms with Crippen molar-refractivity contribution in [3.05, 3.63) is 82.3 Å². The number of carbonyl (C=O) groups is 2. The fourth-order valence-electron chi connectivity index (χ4n) is 6.27. The number of aliphatic carboxylic acids is 1. The summed E-state index contributed by atoms with van der Waals surface area (Å²) in [5, 5.41) is 24.6. The highest BCUT2D eigenvalue weighted by molar-refractivity contribution is 7.86. The minimum atomic E-state index is -4.57. The maximum atomic E-state index is 13.5. The average Bonchev–Trinajstić information content (AvgIpc) is 3.34. The number of Topliss-reactive ketones (excluding diaryl/α,β-unsaturated/α-hetero) is 1. The van der Waals surface area contributed by atoms with Crippen molar-refractivity contribution in [2.24, 2.45) is 0 Å². The SMILES string of the molecule is CCCCC(C(=O)O)[N+]1=C(C=C2C(=O)C(C=C3Nc4ccc(S(=O)(=O)O)cc4C3(C)C)=C2O)C(C)(C)c2cc(S(=O)(=O)O)ccc21. The van der Waals surface area contributed by atoms with Crippen LogP contribution in [-0.4, -0.2) is 64.2 Å². The van der Waals surface area contributed by atoms with Gasteiger partial charge in [-0.25, -0.2) is 4.79 Å². The summed E-state index contributed by atoms with van der Waals surface area (Å²) in [5.74, 6) is -1.97. The van der Waals surface area contributed by atoms with E-state index >= 15 is 0 Å². The number of allylic oxidation sites excluding steroid dienone is 5. The number of anilines is 1. The van der Waals surface area contributed by atoms with Gasteiger partial charge in [-0.15, -0.1) is 0 Å². The Morgan fingerprint density at radius 2 is 1.52 bits per heavy atom. The van der Waals surface area contributed by atoms with Crippen LogP contribution in [0, 0.1) is 0 Å². The summed E-state index contributed by atoms with van der Waals surface area (Å²) in [4.78, 5) is 25.5. The Labute approximate surface area is 267 Å². The molecule has 1 unspecified atom stereocenters. The summed E-state index contributed by atoms with van der Waals surface area (Å²) in [7, 11) is -9.02. The number of aliphatic hydroxyl groups is 1. The van der Waals surface area contributed by atoms with E-state index in [1.54, 1.807) is 32.3 Å². The van der Waals surface area contributed by atoms with Gasteiger partial charge in [-0.3, -0.25) is 13.9 Å². The molecule has 2 aromatic carbocycles. The van der Waals surface area contributed by atoms with Gasteiger partial charge in [0.1, 0.15) is 5.76 Å². The average molecular weight is 672 g/mol. The van der Waals surface area contributed by atoms with E-state index < -0.39 is 48.9 Å². The molecule has 0 saturated carbocycles. The number of carboxylic acid groups (broad SMARTS) is 1. The monoisotopic (exact) mass is 671 g/mol. The molecule has 12 nitrogen and oxygen atoms in total. The molecule has 3 aliphatic rings. The fourth-order valence-corrected chi connectivity index (χ4v) is 7.28. The van der Waals surface area contributed by atoms with E-state index in [0.717, 1.165) is 6.42 Å². The Balaban J connectivity index is 1.62. The topological polar surface area (TPSA) is 198 Å². The van der Waals surface area contributed by atoms with Gasteiger partial charge in [0, 0.05) is 40.9 Å². The second kappa shape index (κ2) is 11.0. The Bertz CT molecular complexity index is 2070. The molecule has 0 aromatic heterocycles. The molecule has 14 heteroatoms. The Kier molecular flexibility index (Phi) is 7.96. The summed E-state index contributed by atoms with van der Waals surface area (Å²) < 4.78 is 68.1. The van der Waals surface area contributed by atoms with Crippen molar-refractivity contribution < 1.29 is 50.3 Å². The molecule has 244 valence electrons. The van der Waals surface area contributed by atoms with Gasteiger partial charge in [0.2, 0.25) is 11.5 Å². The molecule has 46 heavy (non-hydrogen) atoms. The van der Waals surface area contributed by atoms with Gasteiger partial charge in [-0.1, -0.05) is 27.2 Å². The number of fused-ring (bicyclic) bond motifs is 2. The van der Waals surface area contributed by atoms with Gasteiger partial charge in [0.25, 0.3) is 26.3 Å². The Morgan fingerprint density at radius 1 is 0.935 bits per heavy atom. The van der Waals surface area contributed by atoms with Crippen LogP contribution in [0.2, 0.25) is 0 Å². The molecule has 2 aromatic rings. The highest BCUT2D eigenvalue weighted by Gasteiger charge is 2.51. The largest absolute Gasteiger partial charge is 0.506 e. The highest BCUT2D eigenvalue weighted by Crippen LogP contribution is 2.47. The molecule has 5 rings (SSSR count). The van der Waals surface area contributed by atoms with Crippen molar-refractivity contribution in [3.63, 3.8) is 0 Å². The third-order valence-electron chi connectivity index (χ3n) is 9.00. The molecule has 2 aliphatic heterocycles. The van der Waals surface area contributed by atoms with Gasteiger partial charge >= 0.3 is 5.97 Å². The first-order chi connectivity index (χ1) is 21.2. The van der Waals surface area contributed by atoms with Crippen LogP contribution in [0.3, 0.4) is 0 Å². The summed E-state index contributed by atoms with van der Waals surface area (Å²) in [5.41, 5.74) is 0.853. The zero-order chi connectivity index (χ0) is 34.1. The summed E-state index contributed by atoms with van der Waals surface area (Å²) >= 11 is 0. The smallest absolute Gasteiger partial charge is 0.373 e. The Hall–Kier alpha value is -4.11. The highest BCUT2D eigenvalue weighted by atomic mass is 32.2. The molecule has 5 N–H and O–H groups in total. The van der Waals surface area contributed by atoms with E-state index in [1.807, 2.05) is 6.92 Å². The lowest BCUT2D eigenvalue weighted by Crippen LogP contribution is -2.37. The lowest BCUT2D eigenvalue weighted by Gasteiger charge is -2.25. The van der Waals surface area contributed by atoms with E-state index in [4.69, 9.17) is 0 Å². The van der Waals surface area contributed by atoms with E-state index in [2.05, 4.69) is 5.32 Å². The number of rotatable bonds is 9. The second-order valence-corrected chi connectivity index (χ2v) is 15.5. The normalized spacial score (nSPS) is 20.9. The van der Waals surface area contributed by atoms with E-state index in [9.17, 15) is 45.7 Å². The number of carboxylic acids is 1. The van der Waals surface area contributed by atoms with Gasteiger partial charge in [-0.2, -0.15) is 21.4 Å². The minimum Gasteiger partial charge on any atom is -0.506 e. The zero-order valence-electron chi connectivity index (χ0n) is 25.8.